The number of amides is 1. The maximum Gasteiger partial charge on any atom is 0.251 e. The third-order valence-corrected chi connectivity index (χ3v) is 4.69. The van der Waals surface area contributed by atoms with Crippen LogP contribution < -0.4 is 19.5 Å². The normalized spacial score (nSPS) is 20.6. The van der Waals surface area contributed by atoms with Gasteiger partial charge in [0.1, 0.15) is 12.2 Å². The number of carbonyl (C=O) groups excluding carboxylic acids is 1. The lowest BCUT2D eigenvalue weighted by Gasteiger charge is -2.29. The Morgan fingerprint density at radius 3 is 2.74 bits per heavy atom. The minimum atomic E-state index is -0.127. The monoisotopic (exact) mass is 366 g/mol. The van der Waals surface area contributed by atoms with Crippen LogP contribution in [-0.4, -0.2) is 34.8 Å². The molecule has 0 unspecified atom stereocenters. The second-order valence-electron chi connectivity index (χ2n) is 6.45. The van der Waals surface area contributed by atoms with Crippen LogP contribution in [0.2, 0.25) is 0 Å². The van der Waals surface area contributed by atoms with Crippen molar-refractivity contribution in [3.05, 3.63) is 41.9 Å². The maximum absolute atomic E-state index is 12.5. The van der Waals surface area contributed by atoms with Crippen LogP contribution in [0.1, 0.15) is 41.7 Å². The Bertz CT molecular complexity index is 888. The van der Waals surface area contributed by atoms with Gasteiger partial charge in [-0.25, -0.2) is 9.97 Å². The molecule has 1 aliphatic heterocycles. The fraction of sp³-hybridized carbons (Fsp3) is 0.368. The van der Waals surface area contributed by atoms with E-state index in [1.807, 2.05) is 6.07 Å². The molecule has 4 rings (SSSR count). The Morgan fingerprint density at radius 2 is 1.93 bits per heavy atom. The summed E-state index contributed by atoms with van der Waals surface area (Å²) < 4.78 is 16.4. The Morgan fingerprint density at radius 1 is 1.15 bits per heavy atom. The lowest BCUT2D eigenvalue weighted by atomic mass is 9.92. The Balaban J connectivity index is 1.30. The number of nitrogens with one attached hydrogen (secondary N) is 1. The molecule has 1 amide bonds. The van der Waals surface area contributed by atoms with Gasteiger partial charge in [0.25, 0.3) is 11.8 Å². The van der Waals surface area contributed by atoms with Gasteiger partial charge < -0.3 is 19.5 Å². The van der Waals surface area contributed by atoms with Gasteiger partial charge in [0.15, 0.2) is 11.5 Å². The second-order valence-corrected chi connectivity index (χ2v) is 6.45. The van der Waals surface area contributed by atoms with Crippen molar-refractivity contribution in [2.75, 3.05) is 6.79 Å². The molecule has 2 aromatic rings. The van der Waals surface area contributed by atoms with Crippen LogP contribution in [0, 0.1) is 11.3 Å². The number of benzene rings is 1. The van der Waals surface area contributed by atoms with Gasteiger partial charge in [-0.2, -0.15) is 5.26 Å². The van der Waals surface area contributed by atoms with E-state index in [0.29, 0.717) is 17.1 Å². The molecule has 1 fully saturated rings. The highest BCUT2D eigenvalue weighted by atomic mass is 16.7. The highest BCUT2D eigenvalue weighted by Crippen LogP contribution is 2.32. The average molecular weight is 366 g/mol. The molecule has 1 saturated carbocycles. The van der Waals surface area contributed by atoms with Gasteiger partial charge in [-0.15, -0.1) is 0 Å². The van der Waals surface area contributed by atoms with Crippen LogP contribution in [0.5, 0.6) is 17.4 Å². The number of ether oxygens (including phenoxy) is 3. The molecule has 0 radical (unpaired) electrons. The predicted molar refractivity (Wildman–Crippen MR) is 93.5 cm³/mol. The van der Waals surface area contributed by atoms with Gasteiger partial charge in [-0.3, -0.25) is 4.79 Å². The topological polar surface area (TPSA) is 106 Å². The largest absolute Gasteiger partial charge is 0.472 e. The van der Waals surface area contributed by atoms with Crippen molar-refractivity contribution >= 4 is 5.91 Å². The van der Waals surface area contributed by atoms with E-state index in [1.165, 1.54) is 12.4 Å². The van der Waals surface area contributed by atoms with Gasteiger partial charge >= 0.3 is 0 Å². The zero-order chi connectivity index (χ0) is 18.6. The number of hydrogen-bond donors (Lipinski definition) is 1. The summed E-state index contributed by atoms with van der Waals surface area (Å²) >= 11 is 0. The summed E-state index contributed by atoms with van der Waals surface area (Å²) in [7, 11) is 0. The molecular weight excluding hydrogens is 348 g/mol. The quantitative estimate of drug-likeness (QED) is 0.884. The number of fused-ring (bicyclic) bond motifs is 1. The minimum Gasteiger partial charge on any atom is -0.472 e. The lowest BCUT2D eigenvalue weighted by Crippen LogP contribution is -2.39. The summed E-state index contributed by atoms with van der Waals surface area (Å²) in [5.74, 6) is 1.40. The summed E-state index contributed by atoms with van der Waals surface area (Å²) in [4.78, 5) is 20.5. The zero-order valence-electron chi connectivity index (χ0n) is 14.6. The second kappa shape index (κ2) is 7.50. The SMILES string of the molecule is N#Cc1nccnc1OC1CCC(NC(=O)c2ccc3c(c2)OCO3)CC1. The highest BCUT2D eigenvalue weighted by molar-refractivity contribution is 5.95. The Hall–Kier alpha value is -3.34. The van der Waals surface area contributed by atoms with E-state index in [9.17, 15) is 4.79 Å². The van der Waals surface area contributed by atoms with Crippen molar-refractivity contribution in [3.63, 3.8) is 0 Å². The number of carbonyl (C=O) groups is 1. The van der Waals surface area contributed by atoms with Gasteiger partial charge in [0, 0.05) is 24.0 Å². The number of hydrogen-bond acceptors (Lipinski definition) is 7. The van der Waals surface area contributed by atoms with E-state index in [4.69, 9.17) is 19.5 Å². The van der Waals surface area contributed by atoms with Crippen LogP contribution in [0.4, 0.5) is 0 Å². The summed E-state index contributed by atoms with van der Waals surface area (Å²) in [6.45, 7) is 0.184. The number of rotatable bonds is 4. The third kappa shape index (κ3) is 3.77. The Kier molecular flexibility index (Phi) is 4.75. The highest BCUT2D eigenvalue weighted by Gasteiger charge is 2.25. The molecule has 1 aromatic heterocycles. The summed E-state index contributed by atoms with van der Waals surface area (Å²) in [6, 6.07) is 7.24. The van der Waals surface area contributed by atoms with Crippen molar-refractivity contribution in [2.45, 2.75) is 37.8 Å². The number of nitriles is 1. The first-order valence-corrected chi connectivity index (χ1v) is 8.81. The standard InChI is InChI=1S/C19H18N4O4/c20-10-15-19(22-8-7-21-15)27-14-4-2-13(3-5-14)23-18(24)12-1-6-16-17(9-12)26-11-25-16/h1,6-9,13-14H,2-5,11H2,(H,23,24). The van der Waals surface area contributed by atoms with Gasteiger partial charge in [0.05, 0.1) is 0 Å². The summed E-state index contributed by atoms with van der Waals surface area (Å²) in [5.41, 5.74) is 0.742. The van der Waals surface area contributed by atoms with E-state index in [0.717, 1.165) is 25.7 Å². The van der Waals surface area contributed by atoms with E-state index < -0.39 is 0 Å². The summed E-state index contributed by atoms with van der Waals surface area (Å²) in [6.07, 6.45) is 6.07. The molecule has 1 aliphatic carbocycles. The molecule has 0 bridgehead atoms. The van der Waals surface area contributed by atoms with Crippen molar-refractivity contribution in [2.24, 2.45) is 0 Å². The maximum atomic E-state index is 12.5. The molecule has 8 heteroatoms. The predicted octanol–water partition coefficient (Wildman–Crippen LogP) is 2.20. The van der Waals surface area contributed by atoms with Gasteiger partial charge in [0.2, 0.25) is 12.5 Å². The first kappa shape index (κ1) is 17.1. The fourth-order valence-corrected chi connectivity index (χ4v) is 3.28. The molecular formula is C19H18N4O4. The zero-order valence-corrected chi connectivity index (χ0v) is 14.6. The van der Waals surface area contributed by atoms with Gasteiger partial charge in [-0.1, -0.05) is 0 Å². The number of nitrogens with zero attached hydrogens (tertiary/aromatic N) is 3. The molecule has 1 N–H and O–H groups in total. The molecule has 2 aliphatic rings. The molecule has 8 nitrogen and oxygen atoms in total. The molecule has 2 heterocycles. The van der Waals surface area contributed by atoms with Crippen molar-refractivity contribution in [1.82, 2.24) is 15.3 Å². The molecule has 138 valence electrons. The van der Waals surface area contributed by atoms with Crippen LogP contribution in [0.3, 0.4) is 0 Å². The fourth-order valence-electron chi connectivity index (χ4n) is 3.28. The van der Waals surface area contributed by atoms with E-state index in [2.05, 4.69) is 15.3 Å². The van der Waals surface area contributed by atoms with E-state index in [1.54, 1.807) is 18.2 Å². The van der Waals surface area contributed by atoms with Gasteiger partial charge in [-0.05, 0) is 43.9 Å². The first-order valence-electron chi connectivity index (χ1n) is 8.81. The van der Waals surface area contributed by atoms with Crippen molar-refractivity contribution in [1.29, 1.82) is 5.26 Å². The molecule has 1 aromatic carbocycles. The molecule has 0 saturated heterocycles. The van der Waals surface area contributed by atoms with Crippen LogP contribution in [-0.2, 0) is 0 Å². The molecule has 0 spiro atoms. The number of aromatic nitrogens is 2. The minimum absolute atomic E-state index is 0.0347. The van der Waals surface area contributed by atoms with E-state index >= 15 is 0 Å². The smallest absolute Gasteiger partial charge is 0.251 e. The molecule has 0 atom stereocenters. The Labute approximate surface area is 156 Å². The average Bonchev–Trinajstić information content (AvgIpc) is 3.17. The first-order chi connectivity index (χ1) is 13.2. The van der Waals surface area contributed by atoms with Crippen LogP contribution in [0.25, 0.3) is 0 Å². The van der Waals surface area contributed by atoms with E-state index in [-0.39, 0.29) is 36.4 Å². The van der Waals surface area contributed by atoms with Crippen molar-refractivity contribution < 1.29 is 19.0 Å². The molecule has 27 heavy (non-hydrogen) atoms. The van der Waals surface area contributed by atoms with Crippen molar-refractivity contribution in [3.8, 4) is 23.4 Å². The third-order valence-electron chi connectivity index (χ3n) is 4.69. The summed E-state index contributed by atoms with van der Waals surface area (Å²) in [5, 5.41) is 12.1. The van der Waals surface area contributed by atoms with Crippen LogP contribution >= 0.6 is 0 Å². The van der Waals surface area contributed by atoms with Crippen LogP contribution in [0.15, 0.2) is 30.6 Å². The lowest BCUT2D eigenvalue weighted by molar-refractivity contribution is 0.0889.